The largest absolute Gasteiger partial charge is 0.493 e. The highest BCUT2D eigenvalue weighted by atomic mass is 32.1. The summed E-state index contributed by atoms with van der Waals surface area (Å²) in [6, 6.07) is 11.2. The van der Waals surface area contributed by atoms with E-state index in [0.29, 0.717) is 50.0 Å². The molecule has 11 heteroatoms. The third-order valence-electron chi connectivity index (χ3n) is 5.86. The van der Waals surface area contributed by atoms with Gasteiger partial charge in [-0.3, -0.25) is 9.36 Å². The van der Waals surface area contributed by atoms with Gasteiger partial charge in [0.05, 0.1) is 42.2 Å². The first-order valence-electron chi connectivity index (χ1n) is 12.2. The molecule has 0 saturated heterocycles. The van der Waals surface area contributed by atoms with Gasteiger partial charge in [0, 0.05) is 0 Å². The van der Waals surface area contributed by atoms with Crippen LogP contribution in [-0.2, 0) is 14.3 Å². The Morgan fingerprint density at radius 1 is 1.08 bits per heavy atom. The van der Waals surface area contributed by atoms with Crippen LogP contribution in [0.2, 0.25) is 0 Å². The molecule has 0 fully saturated rings. The van der Waals surface area contributed by atoms with Crippen LogP contribution in [0.1, 0.15) is 37.9 Å². The third kappa shape index (κ3) is 5.88. The number of allylic oxidation sites excluding steroid dienone is 1. The molecule has 0 spiro atoms. The number of carbonyl (C=O) groups is 2. The second kappa shape index (κ2) is 12.0. The highest BCUT2D eigenvalue weighted by Crippen LogP contribution is 2.36. The molecule has 0 radical (unpaired) electrons. The number of carboxylic acids is 1. The lowest BCUT2D eigenvalue weighted by Crippen LogP contribution is -2.40. The lowest BCUT2D eigenvalue weighted by molar-refractivity contribution is -0.140. The number of ether oxygens (including phenoxy) is 4. The minimum atomic E-state index is -1.07. The van der Waals surface area contributed by atoms with Crippen LogP contribution < -0.4 is 29.1 Å². The number of hydrogen-bond acceptors (Lipinski definition) is 9. The molecule has 2 aromatic carbocycles. The van der Waals surface area contributed by atoms with Crippen molar-refractivity contribution in [2.75, 3.05) is 26.9 Å². The van der Waals surface area contributed by atoms with Crippen molar-refractivity contribution in [3.05, 3.63) is 84.5 Å². The zero-order valence-corrected chi connectivity index (χ0v) is 22.7. The van der Waals surface area contributed by atoms with Gasteiger partial charge in [-0.25, -0.2) is 14.6 Å². The smallest absolute Gasteiger partial charge is 0.341 e. The fourth-order valence-corrected chi connectivity index (χ4v) is 5.24. The maximum atomic E-state index is 13.8. The second-order valence-corrected chi connectivity index (χ2v) is 9.41. The molecule has 10 nitrogen and oxygen atoms in total. The SMILES string of the molecule is CCOC(=O)C1=C(C)N=c2s/c(=C\c3ccc(OCC(=O)O)cc3)c(=O)n2[C@@H]1c1ccc(OC)c(OCC)c1. The van der Waals surface area contributed by atoms with E-state index in [-0.39, 0.29) is 17.7 Å². The van der Waals surface area contributed by atoms with Crippen LogP contribution >= 0.6 is 11.3 Å². The van der Waals surface area contributed by atoms with E-state index in [9.17, 15) is 14.4 Å². The summed E-state index contributed by atoms with van der Waals surface area (Å²) in [7, 11) is 1.54. The minimum Gasteiger partial charge on any atom is -0.493 e. The minimum absolute atomic E-state index is 0.172. The first kappa shape index (κ1) is 27.6. The summed E-state index contributed by atoms with van der Waals surface area (Å²) in [4.78, 5) is 42.6. The molecule has 39 heavy (non-hydrogen) atoms. The molecular weight excluding hydrogens is 524 g/mol. The number of nitrogens with zero attached hydrogens (tertiary/aromatic N) is 2. The van der Waals surface area contributed by atoms with E-state index in [4.69, 9.17) is 24.1 Å². The standard InChI is InChI=1S/C28H28N2O8S/c1-5-36-21-14-18(9-12-20(21)35-4)25-24(27(34)37-6-2)16(3)29-28-30(25)26(33)22(39-28)13-17-7-10-19(11-8-17)38-15-23(31)32/h7-14,25H,5-6,15H2,1-4H3,(H,31,32)/b22-13-/t25-/m1/s1. The van der Waals surface area contributed by atoms with Gasteiger partial charge in [0.1, 0.15) is 5.75 Å². The van der Waals surface area contributed by atoms with Gasteiger partial charge in [0.2, 0.25) is 0 Å². The van der Waals surface area contributed by atoms with Crippen molar-refractivity contribution < 1.29 is 33.6 Å². The van der Waals surface area contributed by atoms with Gasteiger partial charge < -0.3 is 24.1 Å². The van der Waals surface area contributed by atoms with Crippen LogP contribution in [0.15, 0.2) is 63.5 Å². The summed E-state index contributed by atoms with van der Waals surface area (Å²) in [5, 5.41) is 8.79. The van der Waals surface area contributed by atoms with Gasteiger partial charge in [-0.05, 0) is 62.2 Å². The summed E-state index contributed by atoms with van der Waals surface area (Å²) >= 11 is 1.20. The molecule has 1 N–H and O–H groups in total. The third-order valence-corrected chi connectivity index (χ3v) is 6.84. The van der Waals surface area contributed by atoms with Crippen LogP contribution in [0, 0.1) is 0 Å². The number of hydrogen-bond donors (Lipinski definition) is 1. The summed E-state index contributed by atoms with van der Waals surface area (Å²) in [5.41, 5.74) is 1.76. The zero-order valence-electron chi connectivity index (χ0n) is 21.9. The first-order valence-corrected chi connectivity index (χ1v) is 13.0. The highest BCUT2D eigenvalue weighted by Gasteiger charge is 2.34. The average Bonchev–Trinajstić information content (AvgIpc) is 3.21. The number of fused-ring (bicyclic) bond motifs is 1. The van der Waals surface area contributed by atoms with E-state index < -0.39 is 24.6 Å². The lowest BCUT2D eigenvalue weighted by Gasteiger charge is -2.25. The maximum Gasteiger partial charge on any atom is 0.341 e. The second-order valence-electron chi connectivity index (χ2n) is 8.40. The van der Waals surface area contributed by atoms with Crippen LogP contribution in [0.25, 0.3) is 6.08 Å². The van der Waals surface area contributed by atoms with Crippen molar-refractivity contribution in [3.8, 4) is 17.2 Å². The Kier molecular flexibility index (Phi) is 8.50. The monoisotopic (exact) mass is 552 g/mol. The Labute approximate surface area is 228 Å². The number of carboxylic acid groups (broad SMARTS) is 1. The molecule has 4 rings (SSSR count). The number of esters is 1. The molecule has 1 aliphatic rings. The number of methoxy groups -OCH3 is 1. The molecule has 0 aliphatic carbocycles. The average molecular weight is 553 g/mol. The summed E-state index contributed by atoms with van der Waals surface area (Å²) in [6.07, 6.45) is 1.71. The van der Waals surface area contributed by atoms with Crippen molar-refractivity contribution in [3.63, 3.8) is 0 Å². The van der Waals surface area contributed by atoms with Crippen molar-refractivity contribution in [1.82, 2.24) is 4.57 Å². The van der Waals surface area contributed by atoms with E-state index in [2.05, 4.69) is 4.99 Å². The number of aromatic nitrogens is 1. The van der Waals surface area contributed by atoms with Crippen molar-refractivity contribution in [2.24, 2.45) is 4.99 Å². The van der Waals surface area contributed by atoms with Crippen molar-refractivity contribution >= 4 is 29.4 Å². The molecule has 0 unspecified atom stereocenters. The molecular formula is C28H28N2O8S. The topological polar surface area (TPSA) is 126 Å². The Bertz CT molecular complexity index is 1600. The summed E-state index contributed by atoms with van der Waals surface area (Å²) in [5.74, 6) is -0.207. The van der Waals surface area contributed by atoms with E-state index in [1.165, 1.54) is 15.9 Å². The molecule has 0 saturated carbocycles. The van der Waals surface area contributed by atoms with Gasteiger partial charge in [0.15, 0.2) is 22.9 Å². The molecule has 0 bridgehead atoms. The number of aliphatic carboxylic acids is 1. The number of carbonyl (C=O) groups excluding carboxylic acids is 1. The van der Waals surface area contributed by atoms with Crippen LogP contribution in [0.5, 0.6) is 17.2 Å². The number of rotatable bonds is 10. The molecule has 1 aliphatic heterocycles. The van der Waals surface area contributed by atoms with Gasteiger partial charge in [-0.2, -0.15) is 0 Å². The molecule has 3 aromatic rings. The summed E-state index contributed by atoms with van der Waals surface area (Å²) in [6.45, 7) is 5.42. The molecule has 1 atom stereocenters. The van der Waals surface area contributed by atoms with Gasteiger partial charge in [-0.1, -0.05) is 29.5 Å². The van der Waals surface area contributed by atoms with Crippen LogP contribution in [0.4, 0.5) is 0 Å². The molecule has 0 amide bonds. The Hall–Kier alpha value is -4.38. The number of benzene rings is 2. The van der Waals surface area contributed by atoms with Gasteiger partial charge >= 0.3 is 11.9 Å². The van der Waals surface area contributed by atoms with E-state index in [1.807, 2.05) is 6.92 Å². The van der Waals surface area contributed by atoms with Gasteiger partial charge in [0.25, 0.3) is 5.56 Å². The van der Waals surface area contributed by atoms with Gasteiger partial charge in [-0.15, -0.1) is 0 Å². The lowest BCUT2D eigenvalue weighted by atomic mass is 9.95. The van der Waals surface area contributed by atoms with Crippen molar-refractivity contribution in [1.29, 1.82) is 0 Å². The normalized spacial score (nSPS) is 14.9. The fourth-order valence-electron chi connectivity index (χ4n) is 4.20. The Balaban J connectivity index is 1.85. The fraction of sp³-hybridized carbons (Fsp3) is 0.286. The zero-order chi connectivity index (χ0) is 28.1. The van der Waals surface area contributed by atoms with E-state index in [1.54, 1.807) is 69.5 Å². The molecule has 1 aromatic heterocycles. The molecule has 204 valence electrons. The number of thiazole rings is 1. The van der Waals surface area contributed by atoms with Crippen LogP contribution in [0.3, 0.4) is 0 Å². The predicted molar refractivity (Wildman–Crippen MR) is 144 cm³/mol. The van der Waals surface area contributed by atoms with E-state index >= 15 is 0 Å². The van der Waals surface area contributed by atoms with E-state index in [0.717, 1.165) is 0 Å². The Morgan fingerprint density at radius 3 is 2.46 bits per heavy atom. The first-order chi connectivity index (χ1) is 18.8. The predicted octanol–water partition coefficient (Wildman–Crippen LogP) is 2.67. The summed E-state index contributed by atoms with van der Waals surface area (Å²) < 4.78 is 23.6. The molecule has 2 heterocycles. The maximum absolute atomic E-state index is 13.8. The quantitative estimate of drug-likeness (QED) is 0.381. The van der Waals surface area contributed by atoms with Crippen molar-refractivity contribution in [2.45, 2.75) is 26.8 Å². The van der Waals surface area contributed by atoms with Crippen LogP contribution in [-0.4, -0.2) is 48.5 Å². The highest BCUT2D eigenvalue weighted by molar-refractivity contribution is 7.07. The Morgan fingerprint density at radius 2 is 1.82 bits per heavy atom.